The van der Waals surface area contributed by atoms with E-state index in [-0.39, 0.29) is 18.4 Å². The first-order valence-corrected chi connectivity index (χ1v) is 10.0. The molecule has 2 N–H and O–H groups in total. The predicted molar refractivity (Wildman–Crippen MR) is 120 cm³/mol. The number of hydrogen-bond acceptors (Lipinski definition) is 4. The lowest BCUT2D eigenvalue weighted by Gasteiger charge is -2.14. The molecule has 3 rings (SSSR count). The fourth-order valence-electron chi connectivity index (χ4n) is 3.03. The van der Waals surface area contributed by atoms with Crippen molar-refractivity contribution in [1.82, 2.24) is 10.9 Å². The summed E-state index contributed by atoms with van der Waals surface area (Å²) in [5.41, 5.74) is 8.28. The van der Waals surface area contributed by atoms with Gasteiger partial charge in [0.15, 0.2) is 11.5 Å². The molecule has 0 saturated heterocycles. The molecule has 2 amide bonds. The monoisotopic (exact) mass is 418 g/mol. The molecule has 0 saturated carbocycles. The Morgan fingerprint density at radius 1 is 0.839 bits per heavy atom. The minimum Gasteiger partial charge on any atom is -0.493 e. The third-order valence-electron chi connectivity index (χ3n) is 4.53. The van der Waals surface area contributed by atoms with Crippen molar-refractivity contribution in [1.29, 1.82) is 0 Å². The summed E-state index contributed by atoms with van der Waals surface area (Å²) < 4.78 is 10.9. The van der Waals surface area contributed by atoms with Gasteiger partial charge in [0.1, 0.15) is 0 Å². The van der Waals surface area contributed by atoms with Gasteiger partial charge >= 0.3 is 0 Å². The molecule has 0 unspecified atom stereocenters. The van der Waals surface area contributed by atoms with Gasteiger partial charge in [0, 0.05) is 5.56 Å². The zero-order valence-electron chi connectivity index (χ0n) is 17.8. The molecule has 0 aliphatic heterocycles. The maximum atomic E-state index is 12.4. The van der Waals surface area contributed by atoms with Gasteiger partial charge in [-0.2, -0.15) is 0 Å². The molecule has 160 valence electrons. The van der Waals surface area contributed by atoms with Crippen LogP contribution in [0.4, 0.5) is 0 Å². The summed E-state index contributed by atoms with van der Waals surface area (Å²) in [6.07, 6.45) is 0.134. The Hall–Kier alpha value is -3.80. The number of amides is 2. The van der Waals surface area contributed by atoms with Crippen LogP contribution < -0.4 is 20.3 Å². The molecule has 0 heterocycles. The van der Waals surface area contributed by atoms with Crippen LogP contribution in [0, 0.1) is 0 Å². The van der Waals surface area contributed by atoms with Gasteiger partial charge < -0.3 is 9.47 Å². The Kier molecular flexibility index (Phi) is 7.27. The largest absolute Gasteiger partial charge is 0.493 e. The van der Waals surface area contributed by atoms with Crippen LogP contribution in [0.2, 0.25) is 0 Å². The number of rotatable bonds is 7. The van der Waals surface area contributed by atoms with E-state index in [4.69, 9.17) is 9.47 Å². The van der Waals surface area contributed by atoms with E-state index in [2.05, 4.69) is 10.9 Å². The summed E-state index contributed by atoms with van der Waals surface area (Å²) >= 11 is 0. The van der Waals surface area contributed by atoms with E-state index in [0.717, 1.165) is 16.7 Å². The SMILES string of the molecule is COc1cc(C(=O)NNC(=O)Cc2ccc(-c3ccccc3)cc2)ccc1OC(C)C. The van der Waals surface area contributed by atoms with Crippen molar-refractivity contribution < 1.29 is 19.1 Å². The lowest BCUT2D eigenvalue weighted by molar-refractivity contribution is -0.121. The minimum atomic E-state index is -0.442. The molecular weight excluding hydrogens is 392 g/mol. The highest BCUT2D eigenvalue weighted by Gasteiger charge is 2.13. The first-order chi connectivity index (χ1) is 15.0. The summed E-state index contributed by atoms with van der Waals surface area (Å²) in [5, 5.41) is 0. The van der Waals surface area contributed by atoms with Crippen molar-refractivity contribution in [2.24, 2.45) is 0 Å². The molecule has 0 aliphatic carbocycles. The summed E-state index contributed by atoms with van der Waals surface area (Å²) in [7, 11) is 1.51. The predicted octanol–water partition coefficient (Wildman–Crippen LogP) is 4.15. The van der Waals surface area contributed by atoms with E-state index < -0.39 is 5.91 Å². The number of ether oxygens (including phenoxy) is 2. The van der Waals surface area contributed by atoms with Crippen LogP contribution in [0.3, 0.4) is 0 Å². The molecule has 31 heavy (non-hydrogen) atoms. The first kappa shape index (κ1) is 21.9. The second-order valence-electron chi connectivity index (χ2n) is 7.27. The zero-order chi connectivity index (χ0) is 22.2. The number of nitrogens with one attached hydrogen (secondary N) is 2. The number of carbonyl (C=O) groups excluding carboxylic acids is 2. The molecule has 0 bridgehead atoms. The highest BCUT2D eigenvalue weighted by molar-refractivity contribution is 5.96. The van der Waals surface area contributed by atoms with Crippen molar-refractivity contribution in [3.63, 3.8) is 0 Å². The number of carbonyl (C=O) groups is 2. The van der Waals surface area contributed by atoms with Gasteiger partial charge in [-0.1, -0.05) is 54.6 Å². The van der Waals surface area contributed by atoms with Gasteiger partial charge in [-0.3, -0.25) is 20.4 Å². The number of methoxy groups -OCH3 is 1. The van der Waals surface area contributed by atoms with Crippen LogP contribution in [0.1, 0.15) is 29.8 Å². The van der Waals surface area contributed by atoms with Gasteiger partial charge in [-0.05, 0) is 48.7 Å². The van der Waals surface area contributed by atoms with Gasteiger partial charge in [-0.15, -0.1) is 0 Å². The Labute approximate surface area is 182 Å². The van der Waals surface area contributed by atoms with Crippen LogP contribution in [-0.2, 0) is 11.2 Å². The van der Waals surface area contributed by atoms with E-state index in [1.165, 1.54) is 7.11 Å². The summed E-state index contributed by atoms with van der Waals surface area (Å²) in [4.78, 5) is 24.6. The van der Waals surface area contributed by atoms with Gasteiger partial charge in [0.05, 0.1) is 19.6 Å². The van der Waals surface area contributed by atoms with E-state index >= 15 is 0 Å². The number of benzene rings is 3. The number of hydrazine groups is 1. The van der Waals surface area contributed by atoms with Crippen LogP contribution in [-0.4, -0.2) is 25.0 Å². The van der Waals surface area contributed by atoms with Crippen molar-refractivity contribution in [2.45, 2.75) is 26.4 Å². The quantitative estimate of drug-likeness (QED) is 0.565. The Bertz CT molecular complexity index is 1030. The normalized spacial score (nSPS) is 10.5. The summed E-state index contributed by atoms with van der Waals surface area (Å²) in [5.74, 6) is 0.248. The average molecular weight is 418 g/mol. The molecule has 3 aromatic rings. The summed E-state index contributed by atoms with van der Waals surface area (Å²) in [6.45, 7) is 3.82. The molecular formula is C25H26N2O4. The third-order valence-corrected chi connectivity index (χ3v) is 4.53. The highest BCUT2D eigenvalue weighted by Crippen LogP contribution is 2.29. The van der Waals surface area contributed by atoms with E-state index in [9.17, 15) is 9.59 Å². The van der Waals surface area contributed by atoms with E-state index in [0.29, 0.717) is 17.1 Å². The van der Waals surface area contributed by atoms with Crippen LogP contribution in [0.25, 0.3) is 11.1 Å². The molecule has 6 heteroatoms. The maximum absolute atomic E-state index is 12.4. The zero-order valence-corrected chi connectivity index (χ0v) is 17.8. The summed E-state index contributed by atoms with van der Waals surface area (Å²) in [6, 6.07) is 22.6. The van der Waals surface area contributed by atoms with Gasteiger partial charge in [-0.25, -0.2) is 0 Å². The maximum Gasteiger partial charge on any atom is 0.269 e. The van der Waals surface area contributed by atoms with Crippen molar-refractivity contribution in [3.8, 4) is 22.6 Å². The fourth-order valence-corrected chi connectivity index (χ4v) is 3.03. The lowest BCUT2D eigenvalue weighted by atomic mass is 10.0. The Morgan fingerprint density at radius 2 is 1.52 bits per heavy atom. The Morgan fingerprint density at radius 3 is 2.16 bits per heavy atom. The average Bonchev–Trinajstić information content (AvgIpc) is 2.78. The standard InChI is InChI=1S/C25H26N2O4/c1-17(2)31-22-14-13-21(16-23(22)30-3)25(29)27-26-24(28)15-18-9-11-20(12-10-18)19-7-5-4-6-8-19/h4-14,16-17H,15H2,1-3H3,(H,26,28)(H,27,29). The van der Waals surface area contributed by atoms with E-state index in [1.54, 1.807) is 18.2 Å². The van der Waals surface area contributed by atoms with Crippen LogP contribution in [0.15, 0.2) is 72.8 Å². The van der Waals surface area contributed by atoms with Gasteiger partial charge in [0.2, 0.25) is 5.91 Å². The molecule has 6 nitrogen and oxygen atoms in total. The minimum absolute atomic E-state index is 0.0189. The third kappa shape index (κ3) is 6.09. The fraction of sp³-hybridized carbons (Fsp3) is 0.200. The van der Waals surface area contributed by atoms with Crippen LogP contribution >= 0.6 is 0 Å². The first-order valence-electron chi connectivity index (χ1n) is 10.0. The topological polar surface area (TPSA) is 76.7 Å². The van der Waals surface area contributed by atoms with Crippen molar-refractivity contribution in [3.05, 3.63) is 83.9 Å². The molecule has 0 radical (unpaired) electrons. The lowest BCUT2D eigenvalue weighted by Crippen LogP contribution is -2.42. The molecule has 3 aromatic carbocycles. The van der Waals surface area contributed by atoms with Crippen LogP contribution in [0.5, 0.6) is 11.5 Å². The van der Waals surface area contributed by atoms with E-state index in [1.807, 2.05) is 68.4 Å². The molecule has 0 spiro atoms. The van der Waals surface area contributed by atoms with Gasteiger partial charge in [0.25, 0.3) is 5.91 Å². The molecule has 0 fully saturated rings. The van der Waals surface area contributed by atoms with Crippen molar-refractivity contribution >= 4 is 11.8 Å². The molecule has 0 atom stereocenters. The second-order valence-corrected chi connectivity index (χ2v) is 7.27. The molecule has 0 aliphatic rings. The second kappa shape index (κ2) is 10.3. The molecule has 0 aromatic heterocycles. The smallest absolute Gasteiger partial charge is 0.269 e. The van der Waals surface area contributed by atoms with Crippen molar-refractivity contribution in [2.75, 3.05) is 7.11 Å². The Balaban J connectivity index is 1.55. The highest BCUT2D eigenvalue weighted by atomic mass is 16.5. The number of hydrogen-bond donors (Lipinski definition) is 2.